The van der Waals surface area contributed by atoms with Crippen LogP contribution in [0.1, 0.15) is 84.0 Å². The molecule has 1 N–H and O–H groups in total. The molecule has 0 aromatic heterocycles. The third-order valence-electron chi connectivity index (χ3n) is 6.38. The maximum atomic E-state index is 13.0. The molecule has 3 fully saturated rings. The summed E-state index contributed by atoms with van der Waals surface area (Å²) < 4.78 is 5.05. The maximum absolute atomic E-state index is 13.0. The van der Waals surface area contributed by atoms with Crippen molar-refractivity contribution in [3.05, 3.63) is 0 Å². The van der Waals surface area contributed by atoms with Crippen molar-refractivity contribution in [1.82, 2.24) is 10.2 Å². The van der Waals surface area contributed by atoms with Gasteiger partial charge in [0.15, 0.2) is 0 Å². The van der Waals surface area contributed by atoms with Gasteiger partial charge in [-0.25, -0.2) is 0 Å². The van der Waals surface area contributed by atoms with E-state index in [0.29, 0.717) is 26.0 Å². The van der Waals surface area contributed by atoms with Crippen LogP contribution in [-0.2, 0) is 14.3 Å². The van der Waals surface area contributed by atoms with Crippen molar-refractivity contribution in [2.24, 2.45) is 0 Å². The van der Waals surface area contributed by atoms with E-state index in [1.807, 2.05) is 11.8 Å². The first kappa shape index (κ1) is 18.7. The Morgan fingerprint density at radius 2 is 1.64 bits per heavy atom. The second kappa shape index (κ2) is 8.07. The standard InChI is InChI=1S/C20H34N2O3/c1-2-25-18(24)9-14-22-16-20(12-7-4-8-13-20)21-19(15-17(22)23)10-5-3-6-11-19/h21H,2-16H2,1H3. The summed E-state index contributed by atoms with van der Waals surface area (Å²) in [4.78, 5) is 26.7. The van der Waals surface area contributed by atoms with Gasteiger partial charge in [0.2, 0.25) is 5.91 Å². The molecule has 1 heterocycles. The molecule has 2 spiro atoms. The normalized spacial score (nSPS) is 25.8. The average molecular weight is 351 g/mol. The Kier molecular flexibility index (Phi) is 6.03. The molecule has 2 saturated carbocycles. The summed E-state index contributed by atoms with van der Waals surface area (Å²) in [5, 5.41) is 4.04. The summed E-state index contributed by atoms with van der Waals surface area (Å²) in [6.07, 6.45) is 12.9. The molecule has 1 aliphatic heterocycles. The van der Waals surface area contributed by atoms with Crippen molar-refractivity contribution < 1.29 is 14.3 Å². The van der Waals surface area contributed by atoms with Gasteiger partial charge in [0.1, 0.15) is 0 Å². The van der Waals surface area contributed by atoms with E-state index in [4.69, 9.17) is 4.74 Å². The minimum Gasteiger partial charge on any atom is -0.466 e. The number of hydrogen-bond acceptors (Lipinski definition) is 4. The van der Waals surface area contributed by atoms with Crippen molar-refractivity contribution in [2.45, 2.75) is 95.1 Å². The number of rotatable bonds is 4. The average Bonchev–Trinajstić information content (AvgIpc) is 2.69. The number of carbonyl (C=O) groups excluding carboxylic acids is 2. The van der Waals surface area contributed by atoms with Crippen molar-refractivity contribution in [2.75, 3.05) is 19.7 Å². The molecule has 0 aromatic rings. The molecule has 0 atom stereocenters. The van der Waals surface area contributed by atoms with Gasteiger partial charge in [-0.05, 0) is 32.6 Å². The third kappa shape index (κ3) is 4.55. The first-order valence-electron chi connectivity index (χ1n) is 10.3. The van der Waals surface area contributed by atoms with E-state index < -0.39 is 0 Å². The number of nitrogens with one attached hydrogen (secondary N) is 1. The first-order valence-corrected chi connectivity index (χ1v) is 10.3. The highest BCUT2D eigenvalue weighted by Crippen LogP contribution is 2.40. The van der Waals surface area contributed by atoms with Crippen molar-refractivity contribution in [1.29, 1.82) is 0 Å². The molecule has 1 amide bonds. The Labute approximate surface area is 151 Å². The highest BCUT2D eigenvalue weighted by atomic mass is 16.5. The molecule has 3 rings (SSSR count). The zero-order valence-electron chi connectivity index (χ0n) is 15.8. The Morgan fingerprint density at radius 1 is 1.04 bits per heavy atom. The molecule has 5 heteroatoms. The largest absolute Gasteiger partial charge is 0.466 e. The Balaban J connectivity index is 1.75. The molecule has 142 valence electrons. The van der Waals surface area contributed by atoms with Gasteiger partial charge in [0, 0.05) is 30.6 Å². The number of carbonyl (C=O) groups is 2. The summed E-state index contributed by atoms with van der Waals surface area (Å²) in [5.41, 5.74) is 0.0434. The van der Waals surface area contributed by atoms with Crippen LogP contribution in [-0.4, -0.2) is 47.6 Å². The van der Waals surface area contributed by atoms with E-state index in [1.54, 1.807) is 0 Å². The molecule has 3 aliphatic rings. The minimum atomic E-state index is -0.197. The zero-order chi connectivity index (χ0) is 17.8. The summed E-state index contributed by atoms with van der Waals surface area (Å²) in [5.74, 6) is 0.0266. The monoisotopic (exact) mass is 350 g/mol. The summed E-state index contributed by atoms with van der Waals surface area (Å²) in [7, 11) is 0. The molecule has 5 nitrogen and oxygen atoms in total. The molecule has 25 heavy (non-hydrogen) atoms. The van der Waals surface area contributed by atoms with Gasteiger partial charge in [0.05, 0.1) is 13.0 Å². The molecule has 2 aliphatic carbocycles. The van der Waals surface area contributed by atoms with Gasteiger partial charge in [-0.2, -0.15) is 0 Å². The number of nitrogens with zero attached hydrogens (tertiary/aromatic N) is 1. The fourth-order valence-corrected chi connectivity index (χ4v) is 5.21. The Hall–Kier alpha value is -1.10. The smallest absolute Gasteiger partial charge is 0.307 e. The van der Waals surface area contributed by atoms with Crippen molar-refractivity contribution in [3.63, 3.8) is 0 Å². The van der Waals surface area contributed by atoms with Crippen LogP contribution in [0.3, 0.4) is 0 Å². The van der Waals surface area contributed by atoms with Crippen LogP contribution in [0.5, 0.6) is 0 Å². The summed E-state index contributed by atoms with van der Waals surface area (Å²) in [6.45, 7) is 3.48. The lowest BCUT2D eigenvalue weighted by molar-refractivity contribution is -0.144. The second-order valence-electron chi connectivity index (χ2n) is 8.35. The number of hydrogen-bond donors (Lipinski definition) is 1. The first-order chi connectivity index (χ1) is 12.1. The van der Waals surface area contributed by atoms with Crippen LogP contribution in [0.4, 0.5) is 0 Å². The highest BCUT2D eigenvalue weighted by molar-refractivity contribution is 5.79. The highest BCUT2D eigenvalue weighted by Gasteiger charge is 2.47. The summed E-state index contributed by atoms with van der Waals surface area (Å²) >= 11 is 0. The topological polar surface area (TPSA) is 58.6 Å². The second-order valence-corrected chi connectivity index (χ2v) is 8.35. The molecule has 0 radical (unpaired) electrons. The predicted octanol–water partition coefficient (Wildman–Crippen LogP) is 3.17. The van der Waals surface area contributed by atoms with Crippen LogP contribution in [0.15, 0.2) is 0 Å². The van der Waals surface area contributed by atoms with Gasteiger partial charge in [-0.1, -0.05) is 38.5 Å². The molecule has 0 aromatic carbocycles. The van der Waals surface area contributed by atoms with Crippen LogP contribution >= 0.6 is 0 Å². The van der Waals surface area contributed by atoms with Gasteiger partial charge in [-0.15, -0.1) is 0 Å². The molecular weight excluding hydrogens is 316 g/mol. The molecular formula is C20H34N2O3. The Morgan fingerprint density at radius 3 is 2.24 bits per heavy atom. The van der Waals surface area contributed by atoms with Gasteiger partial charge < -0.3 is 15.0 Å². The number of amides is 1. The van der Waals surface area contributed by atoms with Crippen LogP contribution in [0.25, 0.3) is 0 Å². The van der Waals surface area contributed by atoms with Crippen LogP contribution in [0, 0.1) is 0 Å². The quantitative estimate of drug-likeness (QED) is 0.791. The lowest BCUT2D eigenvalue weighted by Crippen LogP contribution is -2.61. The van der Waals surface area contributed by atoms with E-state index in [-0.39, 0.29) is 23.0 Å². The minimum absolute atomic E-state index is 0.00858. The fraction of sp³-hybridized carbons (Fsp3) is 0.900. The third-order valence-corrected chi connectivity index (χ3v) is 6.38. The predicted molar refractivity (Wildman–Crippen MR) is 97.2 cm³/mol. The van der Waals surface area contributed by atoms with Crippen LogP contribution in [0.2, 0.25) is 0 Å². The van der Waals surface area contributed by atoms with Crippen LogP contribution < -0.4 is 5.32 Å². The van der Waals surface area contributed by atoms with Crippen molar-refractivity contribution >= 4 is 11.9 Å². The van der Waals surface area contributed by atoms with Gasteiger partial charge in [0.25, 0.3) is 0 Å². The molecule has 0 bridgehead atoms. The molecule has 0 unspecified atom stereocenters. The fourth-order valence-electron chi connectivity index (χ4n) is 5.21. The van der Waals surface area contributed by atoms with Gasteiger partial charge in [-0.3, -0.25) is 9.59 Å². The lowest BCUT2D eigenvalue weighted by atomic mass is 9.74. The number of ether oxygens (including phenoxy) is 1. The van der Waals surface area contributed by atoms with Gasteiger partial charge >= 0.3 is 5.97 Å². The van der Waals surface area contributed by atoms with E-state index in [2.05, 4.69) is 5.32 Å². The zero-order valence-corrected chi connectivity index (χ0v) is 15.8. The van der Waals surface area contributed by atoms with E-state index >= 15 is 0 Å². The maximum Gasteiger partial charge on any atom is 0.307 e. The molecule has 1 saturated heterocycles. The van der Waals surface area contributed by atoms with E-state index in [0.717, 1.165) is 32.2 Å². The van der Waals surface area contributed by atoms with E-state index in [9.17, 15) is 9.59 Å². The SMILES string of the molecule is CCOC(=O)CCN1CC2(CCCCC2)NC2(CCCCC2)CC1=O. The lowest BCUT2D eigenvalue weighted by Gasteiger charge is -2.47. The van der Waals surface area contributed by atoms with Crippen molar-refractivity contribution in [3.8, 4) is 0 Å². The van der Waals surface area contributed by atoms with E-state index in [1.165, 1.54) is 38.5 Å². The number of esters is 1. The Bertz CT molecular complexity index is 479. The summed E-state index contributed by atoms with van der Waals surface area (Å²) in [6, 6.07) is 0.